The second-order valence-electron chi connectivity index (χ2n) is 4.28. The molecule has 1 aromatic carbocycles. The van der Waals surface area contributed by atoms with Crippen molar-refractivity contribution < 1.29 is 17.9 Å². The lowest BCUT2D eigenvalue weighted by molar-refractivity contribution is 0.0600. The molecule has 0 fully saturated rings. The van der Waals surface area contributed by atoms with E-state index in [4.69, 9.17) is 11.6 Å². The number of hydrogen-bond acceptors (Lipinski definition) is 5. The van der Waals surface area contributed by atoms with E-state index in [-0.39, 0.29) is 22.0 Å². The van der Waals surface area contributed by atoms with Crippen molar-refractivity contribution in [2.24, 2.45) is 0 Å². The number of benzene rings is 1. The highest BCUT2D eigenvalue weighted by Gasteiger charge is 2.19. The molecule has 0 bridgehead atoms. The summed E-state index contributed by atoms with van der Waals surface area (Å²) in [5, 5.41) is 0.121. The Bertz CT molecular complexity index is 779. The largest absolute Gasteiger partial charge is 0.465 e. The minimum atomic E-state index is -3.80. The van der Waals surface area contributed by atoms with Gasteiger partial charge in [-0.25, -0.2) is 17.9 Å². The summed E-state index contributed by atoms with van der Waals surface area (Å²) in [6.45, 7) is 0.0410. The van der Waals surface area contributed by atoms with Crippen molar-refractivity contribution in [1.29, 1.82) is 0 Å². The first-order chi connectivity index (χ1) is 10.4. The van der Waals surface area contributed by atoms with Crippen LogP contribution in [0.15, 0.2) is 47.5 Å². The number of carbonyl (C=O) groups excluding carboxylic acids is 1. The smallest absolute Gasteiger partial charge is 0.339 e. The number of halogens is 1. The highest BCUT2D eigenvalue weighted by Crippen LogP contribution is 2.21. The zero-order valence-corrected chi connectivity index (χ0v) is 13.2. The summed E-state index contributed by atoms with van der Waals surface area (Å²) in [5.74, 6) is -0.702. The summed E-state index contributed by atoms with van der Waals surface area (Å²) in [7, 11) is -2.60. The Labute approximate surface area is 133 Å². The predicted molar refractivity (Wildman–Crippen MR) is 81.1 cm³/mol. The molecular weight excluding hydrogens is 328 g/mol. The van der Waals surface area contributed by atoms with Crippen LogP contribution in [0, 0.1) is 0 Å². The molecule has 0 unspecified atom stereocenters. The zero-order valence-electron chi connectivity index (χ0n) is 11.6. The van der Waals surface area contributed by atoms with Crippen molar-refractivity contribution in [3.05, 3.63) is 58.9 Å². The Morgan fingerprint density at radius 1 is 1.32 bits per heavy atom. The summed E-state index contributed by atoms with van der Waals surface area (Å²) < 4.78 is 31.5. The average Bonchev–Trinajstić information content (AvgIpc) is 2.53. The van der Waals surface area contributed by atoms with Gasteiger partial charge in [-0.2, -0.15) is 0 Å². The second kappa shape index (κ2) is 6.87. The quantitative estimate of drug-likeness (QED) is 0.841. The highest BCUT2D eigenvalue weighted by atomic mass is 35.5. The van der Waals surface area contributed by atoms with Crippen molar-refractivity contribution >= 4 is 27.6 Å². The van der Waals surface area contributed by atoms with E-state index in [2.05, 4.69) is 14.4 Å². The molecule has 2 aromatic rings. The van der Waals surface area contributed by atoms with Gasteiger partial charge in [0.2, 0.25) is 10.0 Å². The van der Waals surface area contributed by atoms with E-state index in [1.54, 1.807) is 24.4 Å². The lowest BCUT2D eigenvalue weighted by atomic mass is 10.2. The van der Waals surface area contributed by atoms with E-state index in [0.717, 1.165) is 0 Å². The molecule has 0 atom stereocenters. The van der Waals surface area contributed by atoms with Gasteiger partial charge in [0.25, 0.3) is 0 Å². The van der Waals surface area contributed by atoms with Crippen LogP contribution in [0.25, 0.3) is 0 Å². The van der Waals surface area contributed by atoms with Gasteiger partial charge >= 0.3 is 5.97 Å². The van der Waals surface area contributed by atoms with Gasteiger partial charge in [-0.05, 0) is 30.3 Å². The standard InChI is InChI=1S/C14H13ClN2O4S/c1-21-14(18)12-8-11(5-6-13(12)15)22(19,20)17-9-10-4-2-3-7-16-10/h2-8,17H,9H2,1H3. The molecule has 1 heterocycles. The summed E-state index contributed by atoms with van der Waals surface area (Å²) in [4.78, 5) is 15.5. The third kappa shape index (κ3) is 3.82. The number of nitrogens with one attached hydrogen (secondary N) is 1. The van der Waals surface area contributed by atoms with Gasteiger partial charge in [-0.15, -0.1) is 0 Å². The first-order valence-corrected chi connectivity index (χ1v) is 8.07. The Morgan fingerprint density at radius 3 is 2.73 bits per heavy atom. The number of methoxy groups -OCH3 is 1. The molecule has 6 nitrogen and oxygen atoms in total. The predicted octanol–water partition coefficient (Wildman–Crippen LogP) is 2.00. The molecule has 0 aliphatic carbocycles. The van der Waals surface area contributed by atoms with Crippen molar-refractivity contribution in [3.8, 4) is 0 Å². The highest BCUT2D eigenvalue weighted by molar-refractivity contribution is 7.89. The summed E-state index contributed by atoms with van der Waals surface area (Å²) in [6, 6.07) is 9.02. The molecule has 0 aliphatic rings. The molecule has 0 amide bonds. The van der Waals surface area contributed by atoms with Gasteiger partial charge < -0.3 is 4.74 Å². The number of esters is 1. The first kappa shape index (κ1) is 16.4. The van der Waals surface area contributed by atoms with Gasteiger partial charge in [0.1, 0.15) is 0 Å². The summed E-state index contributed by atoms with van der Waals surface area (Å²) in [5.41, 5.74) is 0.568. The maximum atomic E-state index is 12.2. The van der Waals surface area contributed by atoms with Crippen LogP contribution in [0.2, 0.25) is 5.02 Å². The first-order valence-electron chi connectivity index (χ1n) is 6.21. The topological polar surface area (TPSA) is 85.4 Å². The van der Waals surface area contributed by atoms with Crippen LogP contribution in [0.5, 0.6) is 0 Å². The third-order valence-electron chi connectivity index (χ3n) is 2.82. The Balaban J connectivity index is 2.24. The molecule has 1 aromatic heterocycles. The van der Waals surface area contributed by atoms with E-state index in [9.17, 15) is 13.2 Å². The summed E-state index contributed by atoms with van der Waals surface area (Å²) >= 11 is 5.87. The minimum Gasteiger partial charge on any atom is -0.465 e. The maximum absolute atomic E-state index is 12.2. The van der Waals surface area contributed by atoms with Gasteiger partial charge in [0.05, 0.1) is 34.8 Å². The Morgan fingerprint density at radius 2 is 2.09 bits per heavy atom. The van der Waals surface area contributed by atoms with Crippen LogP contribution >= 0.6 is 11.6 Å². The van der Waals surface area contributed by atoms with Crippen LogP contribution < -0.4 is 4.72 Å². The van der Waals surface area contributed by atoms with Crippen LogP contribution in [-0.2, 0) is 21.3 Å². The van der Waals surface area contributed by atoms with E-state index in [0.29, 0.717) is 5.69 Å². The van der Waals surface area contributed by atoms with Gasteiger partial charge in [0.15, 0.2) is 0 Å². The van der Waals surface area contributed by atoms with Crippen LogP contribution in [0.3, 0.4) is 0 Å². The molecule has 0 radical (unpaired) electrons. The number of sulfonamides is 1. The fourth-order valence-corrected chi connectivity index (χ4v) is 2.91. The van der Waals surface area contributed by atoms with Crippen LogP contribution in [-0.4, -0.2) is 26.5 Å². The number of nitrogens with zero attached hydrogens (tertiary/aromatic N) is 1. The normalized spacial score (nSPS) is 11.2. The number of ether oxygens (including phenoxy) is 1. The van der Waals surface area contributed by atoms with E-state index in [1.807, 2.05) is 0 Å². The molecule has 0 saturated heterocycles. The molecule has 0 saturated carbocycles. The molecule has 0 spiro atoms. The monoisotopic (exact) mass is 340 g/mol. The molecule has 2 rings (SSSR count). The van der Waals surface area contributed by atoms with Crippen LogP contribution in [0.1, 0.15) is 16.1 Å². The molecule has 0 aliphatic heterocycles. The fourth-order valence-electron chi connectivity index (χ4n) is 1.69. The number of pyridine rings is 1. The number of carbonyl (C=O) groups is 1. The van der Waals surface area contributed by atoms with Crippen molar-refractivity contribution in [2.45, 2.75) is 11.4 Å². The minimum absolute atomic E-state index is 0.00937. The zero-order chi connectivity index (χ0) is 16.2. The van der Waals surface area contributed by atoms with Crippen molar-refractivity contribution in [2.75, 3.05) is 7.11 Å². The van der Waals surface area contributed by atoms with Crippen molar-refractivity contribution in [1.82, 2.24) is 9.71 Å². The van der Waals surface area contributed by atoms with E-state index in [1.165, 1.54) is 25.3 Å². The second-order valence-corrected chi connectivity index (χ2v) is 6.45. The lowest BCUT2D eigenvalue weighted by Gasteiger charge is -2.08. The van der Waals surface area contributed by atoms with Crippen molar-refractivity contribution in [3.63, 3.8) is 0 Å². The Hall–Kier alpha value is -1.96. The van der Waals surface area contributed by atoms with Gasteiger partial charge in [0, 0.05) is 6.20 Å². The van der Waals surface area contributed by atoms with E-state index >= 15 is 0 Å². The molecule has 22 heavy (non-hydrogen) atoms. The third-order valence-corrected chi connectivity index (χ3v) is 4.55. The Kier molecular flexibility index (Phi) is 5.12. The maximum Gasteiger partial charge on any atom is 0.339 e. The van der Waals surface area contributed by atoms with E-state index < -0.39 is 16.0 Å². The number of rotatable bonds is 5. The number of hydrogen-bond donors (Lipinski definition) is 1. The summed E-state index contributed by atoms with van der Waals surface area (Å²) in [6.07, 6.45) is 1.57. The molecule has 8 heteroatoms. The van der Waals surface area contributed by atoms with Gasteiger partial charge in [-0.1, -0.05) is 17.7 Å². The SMILES string of the molecule is COC(=O)c1cc(S(=O)(=O)NCc2ccccn2)ccc1Cl. The number of aromatic nitrogens is 1. The molecule has 1 N–H and O–H groups in total. The fraction of sp³-hybridized carbons (Fsp3) is 0.143. The molecule has 116 valence electrons. The average molecular weight is 341 g/mol. The van der Waals surface area contributed by atoms with Crippen LogP contribution in [0.4, 0.5) is 0 Å². The van der Waals surface area contributed by atoms with Gasteiger partial charge in [-0.3, -0.25) is 4.98 Å². The molecular formula is C14H13ClN2O4S. The lowest BCUT2D eigenvalue weighted by Crippen LogP contribution is -2.24.